The van der Waals surface area contributed by atoms with E-state index < -0.39 is 10.0 Å². The number of para-hydroxylation sites is 1. The fourth-order valence-corrected chi connectivity index (χ4v) is 3.79. The summed E-state index contributed by atoms with van der Waals surface area (Å²) in [7, 11) is -3.70. The van der Waals surface area contributed by atoms with Crippen LogP contribution in [0.2, 0.25) is 0 Å². The average molecular weight is 336 g/mol. The number of nitrogens with two attached hydrogens (primary N) is 1. The molecule has 3 N–H and O–H groups in total. The van der Waals surface area contributed by atoms with Gasteiger partial charge in [0, 0.05) is 16.7 Å². The Morgan fingerprint density at radius 3 is 2.41 bits per heavy atom. The monoisotopic (exact) mass is 336 g/mol. The van der Waals surface area contributed by atoms with Gasteiger partial charge in [-0.15, -0.1) is 11.8 Å². The number of nitrogens with one attached hydrogen (secondary N) is 1. The van der Waals surface area contributed by atoms with Crippen LogP contribution in [0.4, 0.5) is 5.69 Å². The number of hydrogen-bond donors (Lipinski definition) is 2. The lowest BCUT2D eigenvalue weighted by molar-refractivity contribution is 0.598. The molecule has 0 aliphatic rings. The summed E-state index contributed by atoms with van der Waals surface area (Å²) >= 11 is 1.81. The molecule has 0 aromatic heterocycles. The maximum atomic E-state index is 11.5. The second-order valence-electron chi connectivity index (χ2n) is 5.00. The molecule has 22 heavy (non-hydrogen) atoms. The molecule has 1 atom stereocenters. The van der Waals surface area contributed by atoms with E-state index >= 15 is 0 Å². The van der Waals surface area contributed by atoms with Crippen LogP contribution in [0.3, 0.4) is 0 Å². The Kier molecular flexibility index (Phi) is 5.88. The van der Waals surface area contributed by atoms with E-state index in [0.29, 0.717) is 17.5 Å². The number of hydrogen-bond acceptors (Lipinski definition) is 4. The standard InChI is InChI=1S/C16H20N2O2S2/c1-13(21-14-7-3-2-4-8-14)11-12-18-15-9-5-6-10-16(15)22(17,19)20/h2-10,13,18H,11-12H2,1H3,(H2,17,19,20). The molecule has 0 aliphatic carbocycles. The van der Waals surface area contributed by atoms with Crippen LogP contribution >= 0.6 is 11.8 Å². The Balaban J connectivity index is 1.89. The van der Waals surface area contributed by atoms with Crippen molar-refractivity contribution >= 4 is 27.5 Å². The van der Waals surface area contributed by atoms with Gasteiger partial charge in [0.25, 0.3) is 0 Å². The first-order valence-electron chi connectivity index (χ1n) is 7.04. The number of thioether (sulfide) groups is 1. The molecular weight excluding hydrogens is 316 g/mol. The third kappa shape index (κ3) is 5.05. The zero-order valence-corrected chi connectivity index (χ0v) is 14.0. The van der Waals surface area contributed by atoms with Gasteiger partial charge in [0.05, 0.1) is 5.69 Å². The summed E-state index contributed by atoms with van der Waals surface area (Å²) in [6.07, 6.45) is 0.915. The molecule has 2 aromatic rings. The first-order valence-corrected chi connectivity index (χ1v) is 9.47. The van der Waals surface area contributed by atoms with E-state index in [2.05, 4.69) is 24.4 Å². The highest BCUT2D eigenvalue weighted by atomic mass is 32.2. The highest BCUT2D eigenvalue weighted by Gasteiger charge is 2.13. The summed E-state index contributed by atoms with van der Waals surface area (Å²) in [5, 5.41) is 8.81. The minimum atomic E-state index is -3.70. The minimum absolute atomic E-state index is 0.137. The van der Waals surface area contributed by atoms with Crippen LogP contribution in [0.15, 0.2) is 64.4 Å². The zero-order valence-electron chi connectivity index (χ0n) is 12.4. The predicted octanol–water partition coefficient (Wildman–Crippen LogP) is 3.32. The van der Waals surface area contributed by atoms with Crippen molar-refractivity contribution in [2.75, 3.05) is 11.9 Å². The van der Waals surface area contributed by atoms with Gasteiger partial charge in [0.15, 0.2) is 0 Å². The van der Waals surface area contributed by atoms with Gasteiger partial charge < -0.3 is 5.32 Å². The Labute approximate surface area is 136 Å². The highest BCUT2D eigenvalue weighted by molar-refractivity contribution is 7.99. The first kappa shape index (κ1) is 16.9. The van der Waals surface area contributed by atoms with Crippen molar-refractivity contribution in [3.05, 3.63) is 54.6 Å². The van der Waals surface area contributed by atoms with Gasteiger partial charge in [-0.2, -0.15) is 0 Å². The highest BCUT2D eigenvalue weighted by Crippen LogP contribution is 2.25. The van der Waals surface area contributed by atoms with Gasteiger partial charge in [-0.3, -0.25) is 0 Å². The van der Waals surface area contributed by atoms with Crippen LogP contribution < -0.4 is 10.5 Å². The quantitative estimate of drug-likeness (QED) is 0.761. The maximum Gasteiger partial charge on any atom is 0.240 e. The molecule has 118 valence electrons. The zero-order chi connectivity index (χ0) is 16.0. The molecule has 4 nitrogen and oxygen atoms in total. The molecule has 0 spiro atoms. The van der Waals surface area contributed by atoms with Gasteiger partial charge >= 0.3 is 0 Å². The van der Waals surface area contributed by atoms with Crippen molar-refractivity contribution < 1.29 is 8.42 Å². The summed E-state index contributed by atoms with van der Waals surface area (Å²) in [5.41, 5.74) is 0.557. The minimum Gasteiger partial charge on any atom is -0.384 e. The summed E-state index contributed by atoms with van der Waals surface area (Å²) < 4.78 is 23.1. The van der Waals surface area contributed by atoms with Crippen LogP contribution in [0.25, 0.3) is 0 Å². The Bertz CT molecular complexity index is 703. The molecule has 0 bridgehead atoms. The second kappa shape index (κ2) is 7.67. The lowest BCUT2D eigenvalue weighted by atomic mass is 10.3. The lowest BCUT2D eigenvalue weighted by Crippen LogP contribution is -2.16. The summed E-state index contributed by atoms with van der Waals surface area (Å²) in [5.74, 6) is 0. The van der Waals surface area contributed by atoms with Crippen molar-refractivity contribution in [3.63, 3.8) is 0 Å². The van der Waals surface area contributed by atoms with E-state index in [-0.39, 0.29) is 4.90 Å². The van der Waals surface area contributed by atoms with Crippen molar-refractivity contribution in [2.24, 2.45) is 5.14 Å². The second-order valence-corrected chi connectivity index (χ2v) is 8.04. The molecule has 2 aromatic carbocycles. The van der Waals surface area contributed by atoms with Crippen LogP contribution in [0.5, 0.6) is 0 Å². The molecule has 0 saturated carbocycles. The number of rotatable bonds is 7. The SMILES string of the molecule is CC(CCNc1ccccc1S(N)(=O)=O)Sc1ccccc1. The average Bonchev–Trinajstić information content (AvgIpc) is 2.48. The van der Waals surface area contributed by atoms with Gasteiger partial charge in [0.1, 0.15) is 4.90 Å². The van der Waals surface area contributed by atoms with Crippen LogP contribution in [-0.2, 0) is 10.0 Å². The fourth-order valence-electron chi connectivity index (χ4n) is 2.06. The molecule has 0 aliphatic heterocycles. The molecule has 2 rings (SSSR count). The van der Waals surface area contributed by atoms with E-state index in [9.17, 15) is 8.42 Å². The number of primary sulfonamides is 1. The summed E-state index contributed by atoms with van der Waals surface area (Å²) in [6, 6.07) is 16.9. The van der Waals surface area contributed by atoms with Crippen LogP contribution in [0, 0.1) is 0 Å². The van der Waals surface area contributed by atoms with Crippen molar-refractivity contribution in [3.8, 4) is 0 Å². The molecule has 0 saturated heterocycles. The van der Waals surface area contributed by atoms with Gasteiger partial charge in [0.2, 0.25) is 10.0 Å². The van der Waals surface area contributed by atoms with Crippen LogP contribution in [-0.4, -0.2) is 20.2 Å². The fraction of sp³-hybridized carbons (Fsp3) is 0.250. The normalized spacial score (nSPS) is 12.8. The number of sulfonamides is 1. The summed E-state index contributed by atoms with van der Waals surface area (Å²) in [4.78, 5) is 1.37. The van der Waals surface area contributed by atoms with Crippen molar-refractivity contribution in [1.29, 1.82) is 0 Å². The lowest BCUT2D eigenvalue weighted by Gasteiger charge is -2.14. The largest absolute Gasteiger partial charge is 0.384 e. The van der Waals surface area contributed by atoms with Gasteiger partial charge in [-0.25, -0.2) is 13.6 Å². The van der Waals surface area contributed by atoms with Crippen LogP contribution in [0.1, 0.15) is 13.3 Å². The molecule has 6 heteroatoms. The molecular formula is C16H20N2O2S2. The van der Waals surface area contributed by atoms with E-state index in [1.165, 1.54) is 11.0 Å². The summed E-state index contributed by atoms with van der Waals surface area (Å²) in [6.45, 7) is 2.85. The third-order valence-electron chi connectivity index (χ3n) is 3.14. The predicted molar refractivity (Wildman–Crippen MR) is 92.7 cm³/mol. The Hall–Kier alpha value is -1.50. The first-order chi connectivity index (χ1) is 10.5. The Morgan fingerprint density at radius 1 is 1.09 bits per heavy atom. The molecule has 0 fully saturated rings. The molecule has 1 unspecified atom stereocenters. The maximum absolute atomic E-state index is 11.5. The smallest absolute Gasteiger partial charge is 0.240 e. The van der Waals surface area contributed by atoms with Gasteiger partial charge in [-0.05, 0) is 30.7 Å². The van der Waals surface area contributed by atoms with Crippen molar-refractivity contribution in [1.82, 2.24) is 0 Å². The van der Waals surface area contributed by atoms with E-state index in [1.807, 2.05) is 18.2 Å². The van der Waals surface area contributed by atoms with E-state index in [0.717, 1.165) is 6.42 Å². The third-order valence-corrected chi connectivity index (χ3v) is 5.29. The van der Waals surface area contributed by atoms with Crippen molar-refractivity contribution in [2.45, 2.75) is 28.4 Å². The molecule has 0 heterocycles. The topological polar surface area (TPSA) is 72.2 Å². The molecule has 0 radical (unpaired) electrons. The van der Waals surface area contributed by atoms with E-state index in [1.54, 1.807) is 30.0 Å². The van der Waals surface area contributed by atoms with E-state index in [4.69, 9.17) is 5.14 Å². The Morgan fingerprint density at radius 2 is 1.73 bits per heavy atom. The number of benzene rings is 2. The molecule has 0 amide bonds. The number of anilines is 1. The van der Waals surface area contributed by atoms with Gasteiger partial charge in [-0.1, -0.05) is 37.3 Å².